The second kappa shape index (κ2) is 4.94. The van der Waals surface area contributed by atoms with Crippen LogP contribution in [0.4, 0.5) is 0 Å². The van der Waals surface area contributed by atoms with E-state index >= 15 is 0 Å². The lowest BCUT2D eigenvalue weighted by Gasteiger charge is -2.07. The zero-order valence-electron chi connectivity index (χ0n) is 11.3. The summed E-state index contributed by atoms with van der Waals surface area (Å²) in [5.74, 6) is 1.43. The van der Waals surface area contributed by atoms with Crippen molar-refractivity contribution in [3.8, 4) is 5.75 Å². The first-order valence-corrected chi connectivity index (χ1v) is 6.85. The summed E-state index contributed by atoms with van der Waals surface area (Å²) in [6.45, 7) is 0.322. The molecule has 4 rings (SSSR count). The molecule has 0 aliphatic rings. The molecule has 102 valence electrons. The fourth-order valence-corrected chi connectivity index (χ4v) is 2.44. The molecule has 0 N–H and O–H groups in total. The summed E-state index contributed by atoms with van der Waals surface area (Å²) in [6, 6.07) is 21.9. The SMILES string of the molecule is c1ccc2c(OCc3nc4ccccc4o3)cccc2c1. The number of aromatic nitrogens is 1. The van der Waals surface area contributed by atoms with E-state index in [-0.39, 0.29) is 0 Å². The Morgan fingerprint density at radius 3 is 2.62 bits per heavy atom. The zero-order chi connectivity index (χ0) is 14.1. The lowest BCUT2D eigenvalue weighted by Crippen LogP contribution is -1.96. The molecule has 0 atom stereocenters. The van der Waals surface area contributed by atoms with Crippen LogP contribution in [0.2, 0.25) is 0 Å². The van der Waals surface area contributed by atoms with Crippen LogP contribution in [0.1, 0.15) is 5.89 Å². The van der Waals surface area contributed by atoms with Crippen molar-refractivity contribution in [3.63, 3.8) is 0 Å². The standard InChI is InChI=1S/C18H13NO2/c1-2-8-14-13(6-1)7-5-11-16(14)20-12-18-19-15-9-3-4-10-17(15)21-18/h1-11H,12H2. The fourth-order valence-electron chi connectivity index (χ4n) is 2.44. The van der Waals surface area contributed by atoms with Gasteiger partial charge in [-0.3, -0.25) is 0 Å². The lowest BCUT2D eigenvalue weighted by molar-refractivity contribution is 0.270. The van der Waals surface area contributed by atoms with Gasteiger partial charge in [-0.1, -0.05) is 48.5 Å². The van der Waals surface area contributed by atoms with E-state index in [1.165, 1.54) is 0 Å². The van der Waals surface area contributed by atoms with Crippen LogP contribution in [0.3, 0.4) is 0 Å². The van der Waals surface area contributed by atoms with Crippen molar-refractivity contribution in [2.45, 2.75) is 6.61 Å². The Balaban J connectivity index is 1.63. The van der Waals surface area contributed by atoms with Crippen molar-refractivity contribution in [2.75, 3.05) is 0 Å². The summed E-state index contributed by atoms with van der Waals surface area (Å²) in [6.07, 6.45) is 0. The number of oxazole rings is 1. The van der Waals surface area contributed by atoms with Crippen molar-refractivity contribution in [2.24, 2.45) is 0 Å². The van der Waals surface area contributed by atoms with Gasteiger partial charge < -0.3 is 9.15 Å². The largest absolute Gasteiger partial charge is 0.483 e. The molecule has 0 spiro atoms. The van der Waals surface area contributed by atoms with Crippen LogP contribution in [0.15, 0.2) is 71.1 Å². The summed E-state index contributed by atoms with van der Waals surface area (Å²) in [7, 11) is 0. The van der Waals surface area contributed by atoms with Crippen LogP contribution in [0.25, 0.3) is 21.9 Å². The van der Waals surface area contributed by atoms with Gasteiger partial charge in [0.05, 0.1) is 0 Å². The third-order valence-electron chi connectivity index (χ3n) is 3.44. The second-order valence-electron chi connectivity index (χ2n) is 4.84. The number of fused-ring (bicyclic) bond motifs is 2. The molecule has 0 unspecified atom stereocenters. The highest BCUT2D eigenvalue weighted by atomic mass is 16.5. The van der Waals surface area contributed by atoms with E-state index in [0.717, 1.165) is 27.6 Å². The van der Waals surface area contributed by atoms with Crippen molar-refractivity contribution >= 4 is 21.9 Å². The molecule has 0 saturated carbocycles. The van der Waals surface area contributed by atoms with Crippen molar-refractivity contribution in [3.05, 3.63) is 72.6 Å². The van der Waals surface area contributed by atoms with Gasteiger partial charge in [-0.25, -0.2) is 4.98 Å². The number of para-hydroxylation sites is 2. The second-order valence-corrected chi connectivity index (χ2v) is 4.84. The predicted octanol–water partition coefficient (Wildman–Crippen LogP) is 4.56. The number of ether oxygens (including phenoxy) is 1. The summed E-state index contributed by atoms with van der Waals surface area (Å²) < 4.78 is 11.5. The highest BCUT2D eigenvalue weighted by Crippen LogP contribution is 2.26. The molecule has 0 aliphatic carbocycles. The van der Waals surface area contributed by atoms with Gasteiger partial charge in [0.15, 0.2) is 12.2 Å². The van der Waals surface area contributed by atoms with Crippen LogP contribution >= 0.6 is 0 Å². The summed E-state index contributed by atoms with van der Waals surface area (Å²) in [5, 5.41) is 2.25. The van der Waals surface area contributed by atoms with Crippen molar-refractivity contribution in [1.82, 2.24) is 4.98 Å². The summed E-state index contributed by atoms with van der Waals surface area (Å²) in [5.41, 5.74) is 1.64. The number of hydrogen-bond donors (Lipinski definition) is 0. The Morgan fingerprint density at radius 2 is 1.67 bits per heavy atom. The monoisotopic (exact) mass is 275 g/mol. The van der Waals surface area contributed by atoms with Gasteiger partial charge in [0.1, 0.15) is 11.3 Å². The van der Waals surface area contributed by atoms with Gasteiger partial charge in [-0.05, 0) is 23.6 Å². The Hall–Kier alpha value is -2.81. The molecule has 0 radical (unpaired) electrons. The van der Waals surface area contributed by atoms with E-state index in [1.54, 1.807) is 0 Å². The lowest BCUT2D eigenvalue weighted by atomic mass is 10.1. The summed E-state index contributed by atoms with van der Waals surface area (Å²) >= 11 is 0. The molecule has 0 aliphatic heterocycles. The minimum Gasteiger partial charge on any atom is -0.483 e. The molecule has 0 saturated heterocycles. The molecule has 3 nitrogen and oxygen atoms in total. The first-order chi connectivity index (χ1) is 10.4. The molecule has 0 amide bonds. The number of hydrogen-bond acceptors (Lipinski definition) is 3. The maximum Gasteiger partial charge on any atom is 0.233 e. The topological polar surface area (TPSA) is 35.3 Å². The third kappa shape index (κ3) is 2.23. The maximum absolute atomic E-state index is 5.88. The van der Waals surface area contributed by atoms with E-state index in [1.807, 2.05) is 48.5 Å². The maximum atomic E-state index is 5.88. The Labute approximate surface area is 121 Å². The fraction of sp³-hybridized carbons (Fsp3) is 0.0556. The molecule has 21 heavy (non-hydrogen) atoms. The predicted molar refractivity (Wildman–Crippen MR) is 82.3 cm³/mol. The van der Waals surface area contributed by atoms with E-state index in [4.69, 9.17) is 9.15 Å². The Kier molecular flexibility index (Phi) is 2.82. The van der Waals surface area contributed by atoms with Crippen LogP contribution in [0.5, 0.6) is 5.75 Å². The summed E-state index contributed by atoms with van der Waals surface area (Å²) in [4.78, 5) is 4.42. The van der Waals surface area contributed by atoms with E-state index in [0.29, 0.717) is 12.5 Å². The smallest absolute Gasteiger partial charge is 0.233 e. The van der Waals surface area contributed by atoms with E-state index in [9.17, 15) is 0 Å². The average Bonchev–Trinajstić information content (AvgIpc) is 2.96. The molecule has 3 aromatic carbocycles. The molecular weight excluding hydrogens is 262 g/mol. The minimum absolute atomic E-state index is 0.322. The van der Waals surface area contributed by atoms with Crippen LogP contribution in [-0.4, -0.2) is 4.98 Å². The highest BCUT2D eigenvalue weighted by Gasteiger charge is 2.07. The number of benzene rings is 3. The van der Waals surface area contributed by atoms with Crippen LogP contribution in [0, 0.1) is 0 Å². The molecule has 1 heterocycles. The minimum atomic E-state index is 0.322. The quantitative estimate of drug-likeness (QED) is 0.549. The average molecular weight is 275 g/mol. The Morgan fingerprint density at radius 1 is 0.857 bits per heavy atom. The molecule has 1 aromatic heterocycles. The van der Waals surface area contributed by atoms with Gasteiger partial charge >= 0.3 is 0 Å². The molecule has 3 heteroatoms. The zero-order valence-corrected chi connectivity index (χ0v) is 11.3. The van der Waals surface area contributed by atoms with Gasteiger partial charge in [0, 0.05) is 5.39 Å². The molecular formula is C18H13NO2. The van der Waals surface area contributed by atoms with Gasteiger partial charge in [-0.2, -0.15) is 0 Å². The number of nitrogens with zero attached hydrogens (tertiary/aromatic N) is 1. The highest BCUT2D eigenvalue weighted by molar-refractivity contribution is 5.88. The van der Waals surface area contributed by atoms with Crippen molar-refractivity contribution < 1.29 is 9.15 Å². The van der Waals surface area contributed by atoms with Gasteiger partial charge in [0.2, 0.25) is 5.89 Å². The number of rotatable bonds is 3. The van der Waals surface area contributed by atoms with Crippen LogP contribution in [-0.2, 0) is 6.61 Å². The molecule has 0 bridgehead atoms. The third-order valence-corrected chi connectivity index (χ3v) is 3.44. The van der Waals surface area contributed by atoms with Crippen LogP contribution < -0.4 is 4.74 Å². The van der Waals surface area contributed by atoms with Gasteiger partial charge in [0.25, 0.3) is 0 Å². The molecule has 4 aromatic rings. The normalized spacial score (nSPS) is 11.0. The van der Waals surface area contributed by atoms with E-state index in [2.05, 4.69) is 23.2 Å². The first-order valence-electron chi connectivity index (χ1n) is 6.85. The molecule has 0 fully saturated rings. The first kappa shape index (κ1) is 12.0. The van der Waals surface area contributed by atoms with Gasteiger partial charge in [-0.15, -0.1) is 0 Å². The van der Waals surface area contributed by atoms with Crippen molar-refractivity contribution in [1.29, 1.82) is 0 Å². The Bertz CT molecular complexity index is 873. The van der Waals surface area contributed by atoms with E-state index < -0.39 is 0 Å².